The number of carbonyl (C=O) groups is 6. The molecule has 40 heteroatoms. The van der Waals surface area contributed by atoms with Crippen LogP contribution in [0.15, 0.2) is 121 Å². The molecule has 3 atom stereocenters. The van der Waals surface area contributed by atoms with Gasteiger partial charge in [0, 0.05) is 43.4 Å². The molecule has 109 heavy (non-hydrogen) atoms. The zero-order valence-corrected chi connectivity index (χ0v) is 61.4. The summed E-state index contributed by atoms with van der Waals surface area (Å²) in [5, 5.41) is 32.4. The molecule has 0 saturated carbocycles. The Morgan fingerprint density at radius 2 is 0.862 bits per heavy atom. The number of nitrogens with zero attached hydrogens (tertiary/aromatic N) is 15. The van der Waals surface area contributed by atoms with Crippen LogP contribution in [0.2, 0.25) is 0 Å². The predicted octanol–water partition coefficient (Wildman–Crippen LogP) is 6.14. The monoisotopic (exact) mass is 1620 g/mol. The van der Waals surface area contributed by atoms with Gasteiger partial charge in [0.15, 0.2) is 17.3 Å². The molecule has 3 fully saturated rings. The van der Waals surface area contributed by atoms with Crippen LogP contribution in [0.1, 0.15) is 100 Å². The third-order valence-electron chi connectivity index (χ3n) is 17.7. The van der Waals surface area contributed by atoms with Crippen LogP contribution in [-0.4, -0.2) is 166 Å². The number of carbonyl (C=O) groups excluding carboxylic acids is 6. The Bertz CT molecular complexity index is 5940. The zero-order valence-electron chi connectivity index (χ0n) is 57.3. The summed E-state index contributed by atoms with van der Waals surface area (Å²) in [5.41, 5.74) is -2.05. The Morgan fingerprint density at radius 1 is 0.505 bits per heavy atom. The maximum absolute atomic E-state index is 14.0. The van der Waals surface area contributed by atoms with Crippen LogP contribution in [-0.2, 0) is 27.5 Å². The molecular weight excluding hydrogens is 1550 g/mol. The van der Waals surface area contributed by atoms with E-state index in [0.29, 0.717) is 73.7 Å². The van der Waals surface area contributed by atoms with E-state index in [1.165, 1.54) is 119 Å². The number of aromatic nitrogens is 15. The van der Waals surface area contributed by atoms with E-state index < -0.39 is 99.9 Å². The smallest absolute Gasteiger partial charge is 0.333 e. The van der Waals surface area contributed by atoms with Crippen LogP contribution in [0.5, 0.6) is 17.2 Å². The molecule has 9 aromatic heterocycles. The molecule has 12 heterocycles. The fraction of sp³-hybridized carbons (Fsp3) is 0.304. The molecule has 3 amide bonds. The number of alkyl halides is 1. The number of hydrogen-bond donors (Lipinski definition) is 3. The first-order valence-corrected chi connectivity index (χ1v) is 35.8. The van der Waals surface area contributed by atoms with Crippen molar-refractivity contribution >= 4 is 116 Å². The largest absolute Gasteiger partial charge is 0.496 e. The van der Waals surface area contributed by atoms with Crippen molar-refractivity contribution in [3.8, 4) is 32.3 Å². The van der Waals surface area contributed by atoms with Crippen LogP contribution in [0.25, 0.3) is 45.7 Å². The molecule has 570 valence electrons. The molecule has 3 aliphatic heterocycles. The highest BCUT2D eigenvalue weighted by atomic mass is 79.9. The Labute approximate surface area is 633 Å². The van der Waals surface area contributed by atoms with Crippen molar-refractivity contribution in [3.63, 3.8) is 0 Å². The number of rotatable bonds is 17. The lowest BCUT2D eigenvalue weighted by Gasteiger charge is -2.16. The minimum atomic E-state index is -1.00. The lowest BCUT2D eigenvalue weighted by Crippen LogP contribution is -2.44. The lowest BCUT2D eigenvalue weighted by molar-refractivity contribution is -0.129. The zero-order chi connectivity index (χ0) is 76.6. The molecule has 0 radical (unpaired) electrons. The summed E-state index contributed by atoms with van der Waals surface area (Å²) in [5.74, 6) is -3.54. The van der Waals surface area contributed by atoms with E-state index in [1.807, 2.05) is 0 Å². The summed E-state index contributed by atoms with van der Waals surface area (Å²) in [6, 6.07) is 8.13. The summed E-state index contributed by atoms with van der Waals surface area (Å²) >= 11 is 6.38. The molecule has 0 spiro atoms. The van der Waals surface area contributed by atoms with E-state index in [0.717, 1.165) is 69.8 Å². The number of nitrogens with one attached hydrogen (secondary N) is 3. The number of amides is 3. The van der Waals surface area contributed by atoms with Gasteiger partial charge in [-0.05, 0) is 94.6 Å². The second kappa shape index (κ2) is 33.1. The minimum absolute atomic E-state index is 0. The number of H-pyrrole nitrogens is 1. The van der Waals surface area contributed by atoms with Crippen LogP contribution in [0, 0.1) is 38.2 Å². The van der Waals surface area contributed by atoms with Gasteiger partial charge in [0.25, 0.3) is 16.7 Å². The van der Waals surface area contributed by atoms with Gasteiger partial charge in [-0.3, -0.25) is 57.3 Å². The van der Waals surface area contributed by atoms with Gasteiger partial charge in [-0.15, -0.1) is 14.4 Å². The van der Waals surface area contributed by atoms with Gasteiger partial charge in [0.1, 0.15) is 82.3 Å². The first-order valence-electron chi connectivity index (χ1n) is 32.2. The number of halogens is 4. The highest BCUT2D eigenvalue weighted by Crippen LogP contribution is 2.35. The number of aryl methyl sites for hydroxylation is 3. The number of methoxy groups -OCH3 is 3. The van der Waals surface area contributed by atoms with Crippen LogP contribution >= 0.6 is 49.9 Å². The third-order valence-corrected chi connectivity index (χ3v) is 22.0. The number of likely N-dealkylation sites (tertiary alicyclic amines) is 1. The summed E-state index contributed by atoms with van der Waals surface area (Å²) in [6.45, 7) is 5.31. The van der Waals surface area contributed by atoms with Gasteiger partial charge in [0.05, 0.1) is 110 Å². The molecule has 15 rings (SSSR count). The Hall–Kier alpha value is -11.9. The highest BCUT2D eigenvalue weighted by molar-refractivity contribution is 9.09. The predicted molar refractivity (Wildman–Crippen MR) is 400 cm³/mol. The summed E-state index contributed by atoms with van der Waals surface area (Å²) in [7, 11) is 5.74. The van der Waals surface area contributed by atoms with Crippen molar-refractivity contribution in [3.05, 3.63) is 205 Å². The van der Waals surface area contributed by atoms with E-state index in [-0.39, 0.29) is 99.2 Å². The fourth-order valence-corrected chi connectivity index (χ4v) is 16.3. The number of benzene rings is 3. The molecule has 3 aromatic carbocycles. The number of ketones is 3. The van der Waals surface area contributed by atoms with Crippen LogP contribution < -0.4 is 58.6 Å². The van der Waals surface area contributed by atoms with Crippen molar-refractivity contribution in [2.75, 3.05) is 53.3 Å². The SMILES string of the molecule is C.C.COc1ccc(F)cc1C(=O)CBr.COc1ccc(F)cc1C(=O)Cn1c(=O)n([C@@H]2CCN(C)C2=O)c(=O)c2c(C)c(-n3nccn3)sc21.COc1ccc(F)cc1C(=O)Cn1c(=O)n([C@@H]2CCNC2=O)c(=O)c2c(C)c(-n3nccn3)sc21.Cc1c(-n2nccn2)sc2[nH]c(=O)n([C@@H]3CCNC3=O)c(=O)c12. The van der Waals surface area contributed by atoms with Gasteiger partial charge in [-0.25, -0.2) is 41.3 Å². The van der Waals surface area contributed by atoms with Gasteiger partial charge in [-0.2, -0.15) is 30.6 Å². The molecule has 3 N–H and O–H groups in total. The maximum Gasteiger partial charge on any atom is 0.333 e. The molecule has 0 bridgehead atoms. The lowest BCUT2D eigenvalue weighted by atomic mass is 10.1. The van der Waals surface area contributed by atoms with Crippen molar-refractivity contribution in [2.45, 2.75) is 86.1 Å². The topological polar surface area (TPSA) is 392 Å². The quantitative estimate of drug-likeness (QED) is 0.0680. The van der Waals surface area contributed by atoms with Crippen molar-refractivity contribution in [1.82, 2.24) is 88.3 Å². The average molecular weight is 1620 g/mol. The minimum Gasteiger partial charge on any atom is -0.496 e. The number of fused-ring (bicyclic) bond motifs is 3. The number of thiophene rings is 3. The number of ether oxygens (including phenoxy) is 3. The summed E-state index contributed by atoms with van der Waals surface area (Å²) in [6.07, 6.45) is 9.91. The fourth-order valence-electron chi connectivity index (χ4n) is 12.5. The molecule has 0 aliphatic carbocycles. The van der Waals surface area contributed by atoms with E-state index >= 15 is 0 Å². The molecule has 12 aromatic rings. The van der Waals surface area contributed by atoms with Crippen molar-refractivity contribution in [1.29, 1.82) is 0 Å². The maximum atomic E-state index is 14.0. The number of likely N-dealkylation sites (N-methyl/N-ethyl adjacent to an activating group) is 1. The molecule has 3 aliphatic rings. The first-order chi connectivity index (χ1) is 51.3. The van der Waals surface area contributed by atoms with Crippen molar-refractivity contribution in [2.24, 2.45) is 0 Å². The normalized spacial score (nSPS) is 15.1. The van der Waals surface area contributed by atoms with E-state index in [4.69, 9.17) is 14.2 Å². The van der Waals surface area contributed by atoms with Gasteiger partial charge in [0.2, 0.25) is 17.7 Å². The summed E-state index contributed by atoms with van der Waals surface area (Å²) < 4.78 is 61.0. The van der Waals surface area contributed by atoms with E-state index in [9.17, 15) is 70.7 Å². The van der Waals surface area contributed by atoms with Crippen LogP contribution in [0.4, 0.5) is 13.2 Å². The van der Waals surface area contributed by atoms with Gasteiger partial charge >= 0.3 is 17.1 Å². The second-order valence-electron chi connectivity index (χ2n) is 24.0. The van der Waals surface area contributed by atoms with Gasteiger partial charge in [-0.1, -0.05) is 64.8 Å². The number of Topliss-reactive ketones (excluding diaryl/α,β-unsaturated/α-hetero) is 3. The average Bonchev–Trinajstić information content (AvgIpc) is 1.60. The van der Waals surface area contributed by atoms with Crippen LogP contribution in [0.3, 0.4) is 0 Å². The highest BCUT2D eigenvalue weighted by Gasteiger charge is 2.37. The molecular formula is C69H68BrF3N18O15S3. The third kappa shape index (κ3) is 15.1. The Balaban J connectivity index is 0.000000162. The molecule has 0 unspecified atom stereocenters. The number of hydrogen-bond acceptors (Lipinski definition) is 24. The second-order valence-corrected chi connectivity index (χ2v) is 27.5. The standard InChI is InChI=1S/C23H21FN6O5S.C22H19FN6O5S.C13H12N6O3S.C9H8BrFO2.2CH4/c1-12-18-20(33)29(15-6-9-27(2)19(15)32)23(34)28(22(18)36-21(12)30-25-7-8-26-30)11-16(31)14-10-13(24)4-5-17(14)35-3;1-11-17-19(32)28(14-5-6-24-18(14)31)22(33)27(21(17)35-20(11)29-25-7-8-26-29)10-15(30)13-9-12(23)3-4-16(13)34-2;1-6-8-10(23-12(6)19-15-4-5-16-19)17-13(22)18(11(8)21)7-2-3-14-9(7)20;1-13-9-3-2-6(11)4-7(9)8(12)5-10;;/h4-5,7-8,10,15H,6,9,11H2,1-3H3;3-4,7-9,14H,5-6,10H2,1-2H3,(H,24,31);4-5,7H,2-3H2,1H3,(H,14,20)(H,17,22);2-4H,5H2,1H3;2*1H4/t15-;14-;7-;;;/m111.../s1. The van der Waals surface area contributed by atoms with E-state index in [1.54, 1.807) is 27.8 Å². The summed E-state index contributed by atoms with van der Waals surface area (Å²) in [4.78, 5) is 163. The van der Waals surface area contributed by atoms with E-state index in [2.05, 4.69) is 62.1 Å². The Morgan fingerprint density at radius 3 is 1.22 bits per heavy atom. The van der Waals surface area contributed by atoms with Crippen molar-refractivity contribution < 1.29 is 56.1 Å². The molecule has 3 saturated heterocycles. The van der Waals surface area contributed by atoms with Gasteiger partial charge < -0.3 is 29.7 Å². The first kappa shape index (κ1) is 79.6. The Kier molecular flexibility index (Phi) is 24.2. The number of aromatic amines is 1. The molecule has 33 nitrogen and oxygen atoms in total.